The molecule has 0 aliphatic heterocycles. The summed E-state index contributed by atoms with van der Waals surface area (Å²) in [6, 6.07) is 20.1. The Morgan fingerprint density at radius 1 is 0.909 bits per heavy atom. The van der Waals surface area contributed by atoms with E-state index in [1.807, 2.05) is 25.1 Å². The van der Waals surface area contributed by atoms with E-state index in [0.717, 1.165) is 65.5 Å². The van der Waals surface area contributed by atoms with Crippen LogP contribution in [0.1, 0.15) is 49.0 Å². The lowest BCUT2D eigenvalue weighted by atomic mass is 10.0. The molecule has 33 heavy (non-hydrogen) atoms. The first-order valence-corrected chi connectivity index (χ1v) is 11.8. The molecule has 0 spiro atoms. The highest BCUT2D eigenvalue weighted by Gasteiger charge is 2.21. The van der Waals surface area contributed by atoms with Crippen LogP contribution < -0.4 is 15.2 Å². The molecule has 0 aliphatic rings. The zero-order valence-electron chi connectivity index (χ0n) is 19.5. The second-order valence-electron chi connectivity index (χ2n) is 8.26. The molecule has 172 valence electrons. The number of amides is 1. The summed E-state index contributed by atoms with van der Waals surface area (Å²) in [6.45, 7) is 6.14. The molecule has 4 rings (SSSR count). The van der Waals surface area contributed by atoms with Gasteiger partial charge in [-0.15, -0.1) is 0 Å². The Morgan fingerprint density at radius 2 is 1.73 bits per heavy atom. The average Bonchev–Trinajstić information content (AvgIpc) is 3.14. The standard InChI is InChI=1S/C28H32N2O3/c1-3-5-16-30-23-15-9-14-22(28(29)31)26(23)27-24(30)18-21(32-4-2)19-25(27)33-17-10-13-20-11-7-6-8-12-20/h6-9,11-12,14-15,18-19H,3-5,10,13,16-17H2,1-2H3,(H2,29,31). The van der Waals surface area contributed by atoms with E-state index >= 15 is 0 Å². The van der Waals surface area contributed by atoms with Gasteiger partial charge in [-0.05, 0) is 43.9 Å². The number of rotatable bonds is 11. The summed E-state index contributed by atoms with van der Waals surface area (Å²) in [4.78, 5) is 12.3. The van der Waals surface area contributed by atoms with E-state index in [9.17, 15) is 4.79 Å². The van der Waals surface area contributed by atoms with Crippen LogP contribution in [0, 0.1) is 0 Å². The lowest BCUT2D eigenvalue weighted by molar-refractivity contribution is 0.100. The lowest BCUT2D eigenvalue weighted by Crippen LogP contribution is -2.11. The molecule has 2 N–H and O–H groups in total. The molecule has 0 saturated carbocycles. The number of nitrogens with zero attached hydrogens (tertiary/aromatic N) is 1. The molecule has 5 heteroatoms. The maximum absolute atomic E-state index is 12.3. The number of nitrogens with two attached hydrogens (primary N) is 1. The molecule has 0 bridgehead atoms. The van der Waals surface area contributed by atoms with Crippen LogP contribution in [-0.4, -0.2) is 23.7 Å². The van der Waals surface area contributed by atoms with E-state index in [2.05, 4.69) is 47.9 Å². The summed E-state index contributed by atoms with van der Waals surface area (Å²) >= 11 is 0. The second-order valence-corrected chi connectivity index (χ2v) is 8.26. The van der Waals surface area contributed by atoms with Gasteiger partial charge in [0.25, 0.3) is 0 Å². The molecule has 5 nitrogen and oxygen atoms in total. The Morgan fingerprint density at radius 3 is 2.45 bits per heavy atom. The van der Waals surface area contributed by atoms with Gasteiger partial charge in [0, 0.05) is 29.6 Å². The van der Waals surface area contributed by atoms with Gasteiger partial charge in [-0.1, -0.05) is 49.7 Å². The van der Waals surface area contributed by atoms with E-state index < -0.39 is 5.91 Å². The van der Waals surface area contributed by atoms with Crippen LogP contribution in [0.3, 0.4) is 0 Å². The minimum absolute atomic E-state index is 0.431. The zero-order chi connectivity index (χ0) is 23.2. The van der Waals surface area contributed by atoms with Crippen LogP contribution in [0.2, 0.25) is 0 Å². The predicted octanol–water partition coefficient (Wildman–Crippen LogP) is 6.10. The van der Waals surface area contributed by atoms with E-state index in [1.165, 1.54) is 5.56 Å². The minimum Gasteiger partial charge on any atom is -0.494 e. The third-order valence-corrected chi connectivity index (χ3v) is 5.95. The van der Waals surface area contributed by atoms with Gasteiger partial charge in [0.15, 0.2) is 0 Å². The summed E-state index contributed by atoms with van der Waals surface area (Å²) in [5.74, 6) is 1.07. The molecule has 0 atom stereocenters. The molecule has 1 heterocycles. The molecule has 3 aromatic carbocycles. The van der Waals surface area contributed by atoms with E-state index in [-0.39, 0.29) is 0 Å². The third-order valence-electron chi connectivity index (χ3n) is 5.95. The zero-order valence-corrected chi connectivity index (χ0v) is 19.5. The minimum atomic E-state index is -0.431. The van der Waals surface area contributed by atoms with Crippen LogP contribution in [-0.2, 0) is 13.0 Å². The highest BCUT2D eigenvalue weighted by atomic mass is 16.5. The van der Waals surface area contributed by atoms with Gasteiger partial charge in [-0.25, -0.2) is 0 Å². The van der Waals surface area contributed by atoms with E-state index in [1.54, 1.807) is 6.07 Å². The van der Waals surface area contributed by atoms with Crippen molar-refractivity contribution in [2.75, 3.05) is 13.2 Å². The molecule has 0 saturated heterocycles. The quantitative estimate of drug-likeness (QED) is 0.284. The number of carbonyl (C=O) groups excluding carboxylic acids is 1. The number of fused-ring (bicyclic) bond motifs is 3. The van der Waals surface area contributed by atoms with Gasteiger partial charge in [-0.2, -0.15) is 0 Å². The number of primary amides is 1. The molecule has 0 fully saturated rings. The Labute approximate surface area is 195 Å². The number of benzene rings is 3. The maximum Gasteiger partial charge on any atom is 0.249 e. The fourth-order valence-corrected chi connectivity index (χ4v) is 4.43. The van der Waals surface area contributed by atoms with Crippen LogP contribution >= 0.6 is 0 Å². The normalized spacial score (nSPS) is 11.2. The molecular weight excluding hydrogens is 412 g/mol. The van der Waals surface area contributed by atoms with Crippen molar-refractivity contribution in [1.29, 1.82) is 0 Å². The van der Waals surface area contributed by atoms with E-state index in [0.29, 0.717) is 18.8 Å². The molecule has 0 unspecified atom stereocenters. The fraction of sp³-hybridized carbons (Fsp3) is 0.321. The van der Waals surface area contributed by atoms with Crippen molar-refractivity contribution < 1.29 is 14.3 Å². The van der Waals surface area contributed by atoms with Crippen LogP contribution in [0.4, 0.5) is 0 Å². The number of unbranched alkanes of at least 4 members (excludes halogenated alkanes) is 1. The molecule has 4 aromatic rings. The second kappa shape index (κ2) is 10.4. The molecule has 1 aromatic heterocycles. The van der Waals surface area contributed by atoms with Crippen molar-refractivity contribution in [1.82, 2.24) is 4.57 Å². The first-order chi connectivity index (χ1) is 16.1. The molecular formula is C28H32N2O3. The Bertz CT molecular complexity index is 1240. The van der Waals surface area contributed by atoms with Crippen molar-refractivity contribution in [3.05, 3.63) is 71.8 Å². The van der Waals surface area contributed by atoms with Crippen LogP contribution in [0.15, 0.2) is 60.7 Å². The van der Waals surface area contributed by atoms with Gasteiger partial charge in [-0.3, -0.25) is 4.79 Å². The first kappa shape index (κ1) is 22.7. The average molecular weight is 445 g/mol. The van der Waals surface area contributed by atoms with E-state index in [4.69, 9.17) is 15.2 Å². The Hall–Kier alpha value is -3.47. The Kier molecular flexibility index (Phi) is 7.18. The lowest BCUT2D eigenvalue weighted by Gasteiger charge is -2.13. The van der Waals surface area contributed by atoms with Crippen LogP contribution in [0.25, 0.3) is 21.8 Å². The topological polar surface area (TPSA) is 66.5 Å². The van der Waals surface area contributed by atoms with Gasteiger partial charge >= 0.3 is 0 Å². The number of aryl methyl sites for hydroxylation is 2. The summed E-state index contributed by atoms with van der Waals surface area (Å²) < 4.78 is 14.5. The van der Waals surface area contributed by atoms with Gasteiger partial charge in [0.05, 0.1) is 29.6 Å². The van der Waals surface area contributed by atoms with Crippen molar-refractivity contribution in [2.45, 2.75) is 46.1 Å². The summed E-state index contributed by atoms with van der Waals surface area (Å²) in [7, 11) is 0. The largest absolute Gasteiger partial charge is 0.494 e. The maximum atomic E-state index is 12.3. The molecule has 0 aliphatic carbocycles. The Balaban J connectivity index is 1.79. The van der Waals surface area contributed by atoms with Gasteiger partial charge < -0.3 is 19.8 Å². The van der Waals surface area contributed by atoms with Crippen molar-refractivity contribution >= 4 is 27.7 Å². The predicted molar refractivity (Wildman–Crippen MR) is 134 cm³/mol. The number of hydrogen-bond acceptors (Lipinski definition) is 3. The molecule has 1 amide bonds. The first-order valence-electron chi connectivity index (χ1n) is 11.8. The SMILES string of the molecule is CCCCn1c2cc(OCC)cc(OCCCc3ccccc3)c2c2c(C(N)=O)cccc21. The fourth-order valence-electron chi connectivity index (χ4n) is 4.43. The summed E-state index contributed by atoms with van der Waals surface area (Å²) in [6.07, 6.45) is 3.94. The number of carbonyl (C=O) groups is 1. The smallest absolute Gasteiger partial charge is 0.249 e. The number of aromatic nitrogens is 1. The summed E-state index contributed by atoms with van der Waals surface area (Å²) in [5, 5.41) is 1.79. The van der Waals surface area contributed by atoms with Gasteiger partial charge in [0.1, 0.15) is 11.5 Å². The number of ether oxygens (including phenoxy) is 2. The van der Waals surface area contributed by atoms with Crippen molar-refractivity contribution in [3.8, 4) is 11.5 Å². The van der Waals surface area contributed by atoms with Crippen molar-refractivity contribution in [2.24, 2.45) is 5.73 Å². The number of hydrogen-bond donors (Lipinski definition) is 1. The molecule has 0 radical (unpaired) electrons. The highest BCUT2D eigenvalue weighted by Crippen LogP contribution is 2.40. The summed E-state index contributed by atoms with van der Waals surface area (Å²) in [5.41, 5.74) is 9.60. The van der Waals surface area contributed by atoms with Crippen LogP contribution in [0.5, 0.6) is 11.5 Å². The van der Waals surface area contributed by atoms with Gasteiger partial charge in [0.2, 0.25) is 5.91 Å². The highest BCUT2D eigenvalue weighted by molar-refractivity contribution is 6.20. The van der Waals surface area contributed by atoms with Crippen molar-refractivity contribution in [3.63, 3.8) is 0 Å². The monoisotopic (exact) mass is 444 g/mol. The third kappa shape index (κ3) is 4.82.